The van der Waals surface area contributed by atoms with Gasteiger partial charge in [-0.25, -0.2) is 5.43 Å². The fourth-order valence-electron chi connectivity index (χ4n) is 1.81. The van der Waals surface area contributed by atoms with Crippen molar-refractivity contribution in [3.05, 3.63) is 54.5 Å². The van der Waals surface area contributed by atoms with Crippen LogP contribution in [0.3, 0.4) is 0 Å². The number of carbonyl (C=O) groups excluding carboxylic acids is 1. The number of phenols is 1. The molecule has 0 fully saturated rings. The summed E-state index contributed by atoms with van der Waals surface area (Å²) in [5.41, 5.74) is 3.68. The number of nitrogens with zero attached hydrogens (tertiary/aromatic N) is 1. The van der Waals surface area contributed by atoms with Gasteiger partial charge in [-0.3, -0.25) is 4.79 Å². The number of ether oxygens (including phenoxy) is 1. The zero-order valence-electron chi connectivity index (χ0n) is 12.5. The maximum Gasteiger partial charge on any atom is 0.277 e. The van der Waals surface area contributed by atoms with Gasteiger partial charge in [0, 0.05) is 15.1 Å². The van der Waals surface area contributed by atoms with Gasteiger partial charge in [-0.15, -0.1) is 0 Å². The van der Waals surface area contributed by atoms with E-state index in [1.165, 1.54) is 6.21 Å². The van der Waals surface area contributed by atoms with Crippen molar-refractivity contribution < 1.29 is 14.6 Å². The average molecular weight is 524 g/mol. The van der Waals surface area contributed by atoms with Gasteiger partial charge in [0.1, 0.15) is 11.5 Å². The van der Waals surface area contributed by atoms with Crippen LogP contribution >= 0.6 is 50.1 Å². The standard InChI is InChI=1S/C16H13BrClIN2O3/c1-9-4-12(18)2-3-14(9)24-8-15(22)21-20-7-10-5-11(17)6-13(19)16(10)23/h2-7,23H,8H2,1H3,(H,21,22)/b20-7+. The number of phenolic OH excluding ortho intramolecular Hbond substituents is 1. The van der Waals surface area contributed by atoms with E-state index in [0.29, 0.717) is 19.9 Å². The Hall–Kier alpha value is -1.32. The molecule has 2 rings (SSSR count). The van der Waals surface area contributed by atoms with E-state index in [1.54, 1.807) is 30.3 Å². The SMILES string of the molecule is Cc1cc(Cl)ccc1OCC(=O)N/N=C/c1cc(Br)cc(I)c1O. The lowest BCUT2D eigenvalue weighted by atomic mass is 10.2. The highest BCUT2D eigenvalue weighted by Crippen LogP contribution is 2.27. The first-order chi connectivity index (χ1) is 11.4. The molecule has 0 spiro atoms. The number of carbonyl (C=O) groups is 1. The molecule has 0 aliphatic heterocycles. The Labute approximate surface area is 166 Å². The molecule has 0 saturated carbocycles. The first kappa shape index (κ1) is 19.0. The lowest BCUT2D eigenvalue weighted by molar-refractivity contribution is -0.123. The van der Waals surface area contributed by atoms with Crippen molar-refractivity contribution >= 4 is 62.2 Å². The summed E-state index contributed by atoms with van der Waals surface area (Å²) in [6, 6.07) is 8.62. The van der Waals surface area contributed by atoms with Crippen LogP contribution in [0.25, 0.3) is 0 Å². The van der Waals surface area contributed by atoms with Gasteiger partial charge >= 0.3 is 0 Å². The van der Waals surface area contributed by atoms with Crippen LogP contribution in [0.5, 0.6) is 11.5 Å². The molecule has 0 bridgehead atoms. The van der Waals surface area contributed by atoms with Gasteiger partial charge in [-0.2, -0.15) is 5.10 Å². The Balaban J connectivity index is 1.91. The van der Waals surface area contributed by atoms with E-state index < -0.39 is 5.91 Å². The molecular formula is C16H13BrClIN2O3. The Kier molecular flexibility index (Phi) is 6.88. The molecule has 24 heavy (non-hydrogen) atoms. The molecule has 0 saturated heterocycles. The second-order valence-electron chi connectivity index (χ2n) is 4.82. The first-order valence-electron chi connectivity index (χ1n) is 6.75. The van der Waals surface area contributed by atoms with Gasteiger partial charge in [0.2, 0.25) is 0 Å². The fraction of sp³-hybridized carbons (Fsp3) is 0.125. The van der Waals surface area contributed by atoms with E-state index in [2.05, 4.69) is 26.5 Å². The lowest BCUT2D eigenvalue weighted by Gasteiger charge is -2.08. The number of hydrogen-bond donors (Lipinski definition) is 2. The number of rotatable bonds is 5. The highest BCUT2D eigenvalue weighted by molar-refractivity contribution is 14.1. The van der Waals surface area contributed by atoms with Crippen LogP contribution in [0.4, 0.5) is 0 Å². The highest BCUT2D eigenvalue weighted by Gasteiger charge is 2.07. The van der Waals surface area contributed by atoms with Crippen LogP contribution in [0.2, 0.25) is 5.02 Å². The van der Waals surface area contributed by atoms with Crippen molar-refractivity contribution in [3.8, 4) is 11.5 Å². The number of aromatic hydroxyl groups is 1. The minimum absolute atomic E-state index is 0.102. The topological polar surface area (TPSA) is 70.9 Å². The zero-order valence-corrected chi connectivity index (χ0v) is 17.0. The summed E-state index contributed by atoms with van der Waals surface area (Å²) in [6.45, 7) is 1.66. The van der Waals surface area contributed by atoms with E-state index in [9.17, 15) is 9.90 Å². The molecule has 8 heteroatoms. The second kappa shape index (κ2) is 8.68. The van der Waals surface area contributed by atoms with E-state index in [4.69, 9.17) is 16.3 Å². The van der Waals surface area contributed by atoms with Crippen molar-refractivity contribution in [1.82, 2.24) is 5.43 Å². The highest BCUT2D eigenvalue weighted by atomic mass is 127. The van der Waals surface area contributed by atoms with Crippen LogP contribution in [0.1, 0.15) is 11.1 Å². The second-order valence-corrected chi connectivity index (χ2v) is 7.33. The third-order valence-corrected chi connectivity index (χ3v) is 4.46. The van der Waals surface area contributed by atoms with Gasteiger partial charge in [0.05, 0.1) is 9.78 Å². The molecule has 0 radical (unpaired) electrons. The maximum atomic E-state index is 11.8. The summed E-state index contributed by atoms with van der Waals surface area (Å²) in [4.78, 5) is 11.8. The lowest BCUT2D eigenvalue weighted by Crippen LogP contribution is -2.24. The minimum Gasteiger partial charge on any atom is -0.506 e. The number of amides is 1. The number of nitrogens with one attached hydrogen (secondary N) is 1. The molecule has 0 aliphatic rings. The van der Waals surface area contributed by atoms with Crippen LogP contribution in [0.15, 0.2) is 39.9 Å². The molecule has 0 atom stereocenters. The molecule has 0 heterocycles. The van der Waals surface area contributed by atoms with Crippen molar-refractivity contribution in [2.24, 2.45) is 5.10 Å². The summed E-state index contributed by atoms with van der Waals surface area (Å²) >= 11 is 11.2. The Morgan fingerprint density at radius 2 is 2.21 bits per heavy atom. The predicted octanol–water partition coefficient (Wildman–Crippen LogP) is 4.25. The maximum absolute atomic E-state index is 11.8. The monoisotopic (exact) mass is 522 g/mol. The molecule has 2 aromatic carbocycles. The summed E-state index contributed by atoms with van der Waals surface area (Å²) in [5, 5.41) is 14.4. The number of hydrogen-bond acceptors (Lipinski definition) is 4. The van der Waals surface area contributed by atoms with Crippen LogP contribution in [0, 0.1) is 10.5 Å². The first-order valence-corrected chi connectivity index (χ1v) is 9.00. The van der Waals surface area contributed by atoms with Gasteiger partial charge in [0.25, 0.3) is 5.91 Å². The Morgan fingerprint density at radius 1 is 1.46 bits per heavy atom. The van der Waals surface area contributed by atoms with Gasteiger partial charge in [-0.05, 0) is 65.4 Å². The molecule has 5 nitrogen and oxygen atoms in total. The molecule has 2 N–H and O–H groups in total. The quantitative estimate of drug-likeness (QED) is 0.350. The molecule has 0 aromatic heterocycles. The van der Waals surface area contributed by atoms with Crippen molar-refractivity contribution in [2.75, 3.05) is 6.61 Å². The van der Waals surface area contributed by atoms with Crippen molar-refractivity contribution in [1.29, 1.82) is 0 Å². The van der Waals surface area contributed by atoms with E-state index >= 15 is 0 Å². The van der Waals surface area contributed by atoms with Gasteiger partial charge in [0.15, 0.2) is 6.61 Å². The molecule has 126 valence electrons. The molecule has 0 aliphatic carbocycles. The zero-order chi connectivity index (χ0) is 17.7. The number of aryl methyl sites for hydroxylation is 1. The predicted molar refractivity (Wildman–Crippen MR) is 106 cm³/mol. The third-order valence-electron chi connectivity index (χ3n) is 2.95. The van der Waals surface area contributed by atoms with Gasteiger partial charge < -0.3 is 9.84 Å². The third kappa shape index (κ3) is 5.35. The number of benzene rings is 2. The molecular weight excluding hydrogens is 510 g/mol. The number of halogens is 3. The van der Waals surface area contributed by atoms with Crippen molar-refractivity contribution in [3.63, 3.8) is 0 Å². The van der Waals surface area contributed by atoms with Crippen molar-refractivity contribution in [2.45, 2.75) is 6.92 Å². The smallest absolute Gasteiger partial charge is 0.277 e. The summed E-state index contributed by atoms with van der Waals surface area (Å²) < 4.78 is 6.90. The van der Waals surface area contributed by atoms with E-state index in [0.717, 1.165) is 10.0 Å². The Morgan fingerprint density at radius 3 is 2.92 bits per heavy atom. The molecule has 0 unspecified atom stereocenters. The van der Waals surface area contributed by atoms with Gasteiger partial charge in [-0.1, -0.05) is 27.5 Å². The summed E-state index contributed by atoms with van der Waals surface area (Å²) in [5.74, 6) is 0.271. The van der Waals surface area contributed by atoms with Crippen LogP contribution in [-0.4, -0.2) is 23.8 Å². The van der Waals surface area contributed by atoms with E-state index in [-0.39, 0.29) is 12.4 Å². The Bertz CT molecular complexity index is 799. The minimum atomic E-state index is -0.412. The van der Waals surface area contributed by atoms with Crippen LogP contribution in [-0.2, 0) is 4.79 Å². The van der Waals surface area contributed by atoms with Crippen LogP contribution < -0.4 is 10.2 Å². The molecule has 1 amide bonds. The fourth-order valence-corrected chi connectivity index (χ4v) is 3.59. The average Bonchev–Trinajstić information content (AvgIpc) is 2.51. The summed E-state index contributed by atoms with van der Waals surface area (Å²) in [6.07, 6.45) is 1.37. The largest absolute Gasteiger partial charge is 0.506 e. The normalized spacial score (nSPS) is 10.8. The summed E-state index contributed by atoms with van der Waals surface area (Å²) in [7, 11) is 0. The molecule has 2 aromatic rings. The number of hydrazone groups is 1. The van der Waals surface area contributed by atoms with E-state index in [1.807, 2.05) is 29.5 Å².